The van der Waals surface area contributed by atoms with Gasteiger partial charge < -0.3 is 15.2 Å². The Labute approximate surface area is 128 Å². The topological polar surface area (TPSA) is 69.7 Å². The number of H-pyrrole nitrogens is 1. The van der Waals surface area contributed by atoms with Gasteiger partial charge in [-0.2, -0.15) is 0 Å². The number of nitrogens with zero attached hydrogens (tertiary/aromatic N) is 4. The maximum Gasteiger partial charge on any atom is 0.143 e. The van der Waals surface area contributed by atoms with Crippen LogP contribution in [0, 0.1) is 0 Å². The first-order valence-corrected chi connectivity index (χ1v) is 7.54. The monoisotopic (exact) mass is 294 g/mol. The van der Waals surface area contributed by atoms with E-state index in [1.54, 1.807) is 18.7 Å². The molecule has 1 fully saturated rings. The van der Waals surface area contributed by atoms with Gasteiger partial charge in [-0.15, -0.1) is 0 Å². The van der Waals surface area contributed by atoms with Gasteiger partial charge in [0.15, 0.2) is 0 Å². The van der Waals surface area contributed by atoms with Crippen molar-refractivity contribution in [1.29, 1.82) is 0 Å². The number of hydrogen-bond donors (Lipinski definition) is 2. The molecule has 4 rings (SSSR count). The van der Waals surface area contributed by atoms with Crippen LogP contribution in [0.4, 0.5) is 5.82 Å². The molecule has 0 bridgehead atoms. The number of piperazine rings is 1. The first kappa shape index (κ1) is 13.2. The van der Waals surface area contributed by atoms with Crippen molar-refractivity contribution in [3.63, 3.8) is 0 Å². The number of nitrogens with one attached hydrogen (secondary N) is 2. The average molecular weight is 294 g/mol. The van der Waals surface area contributed by atoms with E-state index in [0.29, 0.717) is 6.04 Å². The quantitative estimate of drug-likeness (QED) is 0.754. The summed E-state index contributed by atoms with van der Waals surface area (Å²) in [4.78, 5) is 18.7. The second kappa shape index (κ2) is 5.38. The lowest BCUT2D eigenvalue weighted by molar-refractivity contribution is 0.483. The molecule has 3 aromatic rings. The molecule has 2 N–H and O–H groups in total. The molecule has 0 aromatic carbocycles. The van der Waals surface area contributed by atoms with Crippen LogP contribution in [0.2, 0.25) is 0 Å². The zero-order valence-corrected chi connectivity index (χ0v) is 12.5. The highest BCUT2D eigenvalue weighted by Gasteiger charge is 2.20. The van der Waals surface area contributed by atoms with Crippen LogP contribution < -0.4 is 10.2 Å². The molecule has 0 unspecified atom stereocenters. The molecule has 3 aromatic heterocycles. The third-order valence-corrected chi connectivity index (χ3v) is 4.06. The van der Waals surface area contributed by atoms with Crippen LogP contribution in [0.5, 0.6) is 0 Å². The summed E-state index contributed by atoms with van der Waals surface area (Å²) in [5, 5.41) is 4.53. The number of hydrogen-bond acceptors (Lipinski definition) is 5. The Balaban J connectivity index is 1.78. The maximum atomic E-state index is 4.53. The van der Waals surface area contributed by atoms with Gasteiger partial charge in [-0.3, -0.25) is 4.98 Å². The van der Waals surface area contributed by atoms with Crippen LogP contribution in [0.15, 0.2) is 36.9 Å². The van der Waals surface area contributed by atoms with E-state index < -0.39 is 0 Å². The normalized spacial score (nSPS) is 18.8. The Hall–Kier alpha value is -2.47. The van der Waals surface area contributed by atoms with Crippen LogP contribution in [0.1, 0.15) is 6.92 Å². The highest BCUT2D eigenvalue weighted by atomic mass is 15.2. The Morgan fingerprint density at radius 1 is 1.23 bits per heavy atom. The van der Waals surface area contributed by atoms with Gasteiger partial charge in [0.1, 0.15) is 17.8 Å². The average Bonchev–Trinajstić information content (AvgIpc) is 3.00. The van der Waals surface area contributed by atoms with Gasteiger partial charge in [0.05, 0.1) is 5.39 Å². The van der Waals surface area contributed by atoms with Gasteiger partial charge in [0, 0.05) is 49.3 Å². The predicted molar refractivity (Wildman–Crippen MR) is 86.8 cm³/mol. The molecular formula is C16H18N6. The zero-order chi connectivity index (χ0) is 14.9. The number of pyridine rings is 1. The van der Waals surface area contributed by atoms with Crippen LogP contribution in [0.25, 0.3) is 22.3 Å². The molecule has 0 aliphatic carbocycles. The number of rotatable bonds is 2. The summed E-state index contributed by atoms with van der Waals surface area (Å²) in [6.45, 7) is 5.10. The molecule has 1 saturated heterocycles. The van der Waals surface area contributed by atoms with Gasteiger partial charge >= 0.3 is 0 Å². The highest BCUT2D eigenvalue weighted by molar-refractivity contribution is 5.91. The number of aromatic nitrogens is 4. The lowest BCUT2D eigenvalue weighted by Crippen LogP contribution is -2.49. The molecule has 1 aliphatic heterocycles. The standard InChI is InChI=1S/C16H18N6/c1-11-9-22(7-6-18-11)16-13-8-14(12-2-4-17-5-3-12)21-15(13)19-10-20-16/h2-5,8,10-11,18H,6-7,9H2,1H3,(H,19,20,21)/t11-/m1/s1. The van der Waals surface area contributed by atoms with Crippen molar-refractivity contribution in [2.24, 2.45) is 0 Å². The first-order chi connectivity index (χ1) is 10.8. The van der Waals surface area contributed by atoms with Crippen LogP contribution in [-0.2, 0) is 0 Å². The zero-order valence-electron chi connectivity index (χ0n) is 12.5. The molecule has 6 heteroatoms. The molecule has 0 amide bonds. The fourth-order valence-electron chi connectivity index (χ4n) is 2.99. The summed E-state index contributed by atoms with van der Waals surface area (Å²) in [5.41, 5.74) is 3.03. The number of aromatic amines is 1. The summed E-state index contributed by atoms with van der Waals surface area (Å²) in [5.74, 6) is 1.01. The van der Waals surface area contributed by atoms with Gasteiger partial charge in [0.2, 0.25) is 0 Å². The highest BCUT2D eigenvalue weighted by Crippen LogP contribution is 2.28. The Morgan fingerprint density at radius 3 is 2.91 bits per heavy atom. The smallest absolute Gasteiger partial charge is 0.143 e. The molecule has 1 atom stereocenters. The van der Waals surface area contributed by atoms with Gasteiger partial charge in [-0.05, 0) is 25.1 Å². The minimum absolute atomic E-state index is 0.470. The molecule has 6 nitrogen and oxygen atoms in total. The SMILES string of the molecule is C[C@@H]1CN(c2ncnc3[nH]c(-c4ccncc4)cc23)CCN1. The van der Waals surface area contributed by atoms with E-state index in [4.69, 9.17) is 0 Å². The van der Waals surface area contributed by atoms with Gasteiger partial charge in [-0.25, -0.2) is 9.97 Å². The fraction of sp³-hybridized carbons (Fsp3) is 0.312. The molecule has 0 saturated carbocycles. The van der Waals surface area contributed by atoms with Crippen LogP contribution in [-0.4, -0.2) is 45.6 Å². The number of fused-ring (bicyclic) bond motifs is 1. The van der Waals surface area contributed by atoms with E-state index in [9.17, 15) is 0 Å². The second-order valence-corrected chi connectivity index (χ2v) is 5.68. The second-order valence-electron chi connectivity index (χ2n) is 5.68. The van der Waals surface area contributed by atoms with Crippen molar-refractivity contribution in [2.45, 2.75) is 13.0 Å². The fourth-order valence-corrected chi connectivity index (χ4v) is 2.99. The minimum Gasteiger partial charge on any atom is -0.353 e. The molecule has 0 spiro atoms. The lowest BCUT2D eigenvalue weighted by atomic mass is 10.2. The van der Waals surface area contributed by atoms with Crippen molar-refractivity contribution < 1.29 is 0 Å². The summed E-state index contributed by atoms with van der Waals surface area (Å²) in [7, 11) is 0. The minimum atomic E-state index is 0.470. The van der Waals surface area contributed by atoms with Gasteiger partial charge in [-0.1, -0.05) is 0 Å². The van der Waals surface area contributed by atoms with E-state index >= 15 is 0 Å². The summed E-state index contributed by atoms with van der Waals surface area (Å²) < 4.78 is 0. The third kappa shape index (κ3) is 2.31. The summed E-state index contributed by atoms with van der Waals surface area (Å²) >= 11 is 0. The largest absolute Gasteiger partial charge is 0.353 e. The lowest BCUT2D eigenvalue weighted by Gasteiger charge is -2.32. The summed E-state index contributed by atoms with van der Waals surface area (Å²) in [6.07, 6.45) is 5.23. The van der Waals surface area contributed by atoms with E-state index in [1.807, 2.05) is 12.1 Å². The van der Waals surface area contributed by atoms with E-state index in [1.165, 1.54) is 0 Å². The maximum absolute atomic E-state index is 4.53. The number of anilines is 1. The van der Waals surface area contributed by atoms with Crippen LogP contribution >= 0.6 is 0 Å². The van der Waals surface area contributed by atoms with Crippen molar-refractivity contribution in [3.05, 3.63) is 36.9 Å². The molecule has 4 heterocycles. The Bertz CT molecular complexity index is 782. The van der Waals surface area contributed by atoms with E-state index in [0.717, 1.165) is 47.7 Å². The van der Waals surface area contributed by atoms with E-state index in [-0.39, 0.29) is 0 Å². The predicted octanol–water partition coefficient (Wildman–Crippen LogP) is 1.82. The van der Waals surface area contributed by atoms with Crippen molar-refractivity contribution in [1.82, 2.24) is 25.3 Å². The van der Waals surface area contributed by atoms with Crippen molar-refractivity contribution in [2.75, 3.05) is 24.5 Å². The van der Waals surface area contributed by atoms with Crippen molar-refractivity contribution >= 4 is 16.9 Å². The Morgan fingerprint density at radius 2 is 2.09 bits per heavy atom. The van der Waals surface area contributed by atoms with Gasteiger partial charge in [0.25, 0.3) is 0 Å². The third-order valence-electron chi connectivity index (χ3n) is 4.06. The summed E-state index contributed by atoms with van der Waals surface area (Å²) in [6, 6.07) is 6.58. The van der Waals surface area contributed by atoms with Crippen LogP contribution in [0.3, 0.4) is 0 Å². The van der Waals surface area contributed by atoms with E-state index in [2.05, 4.69) is 43.1 Å². The first-order valence-electron chi connectivity index (χ1n) is 7.54. The Kier molecular flexibility index (Phi) is 3.23. The van der Waals surface area contributed by atoms with Crippen molar-refractivity contribution in [3.8, 4) is 11.3 Å². The molecule has 112 valence electrons. The molecule has 1 aliphatic rings. The molecular weight excluding hydrogens is 276 g/mol. The molecule has 22 heavy (non-hydrogen) atoms. The molecule has 0 radical (unpaired) electrons.